The molecule has 2 aromatic rings. The van der Waals surface area contributed by atoms with E-state index in [1.165, 1.54) is 0 Å². The van der Waals surface area contributed by atoms with E-state index in [1.807, 2.05) is 31.2 Å². The number of carbonyl (C=O) groups is 1. The lowest BCUT2D eigenvalue weighted by molar-refractivity contribution is 0.0993. The van der Waals surface area contributed by atoms with Crippen molar-refractivity contribution in [2.75, 3.05) is 11.9 Å². The van der Waals surface area contributed by atoms with Crippen molar-refractivity contribution in [3.05, 3.63) is 58.9 Å². The van der Waals surface area contributed by atoms with Crippen molar-refractivity contribution in [3.8, 4) is 0 Å². The van der Waals surface area contributed by atoms with E-state index in [2.05, 4.69) is 4.98 Å². The Hall–Kier alpha value is -1.87. The van der Waals surface area contributed by atoms with Gasteiger partial charge in [0, 0.05) is 18.9 Å². The lowest BCUT2D eigenvalue weighted by atomic mass is 10.2. The van der Waals surface area contributed by atoms with Crippen molar-refractivity contribution in [2.45, 2.75) is 6.92 Å². The van der Waals surface area contributed by atoms with Gasteiger partial charge in [0.25, 0.3) is 5.91 Å². The van der Waals surface area contributed by atoms with Gasteiger partial charge in [-0.05, 0) is 31.2 Å². The number of nitrogens with zero attached hydrogens (tertiary/aromatic N) is 2. The second-order valence-corrected chi connectivity index (χ2v) is 4.40. The third-order valence-corrected chi connectivity index (χ3v) is 3.02. The second-order valence-electron chi connectivity index (χ2n) is 4.04. The van der Waals surface area contributed by atoms with Crippen LogP contribution in [0.1, 0.15) is 15.9 Å². The van der Waals surface area contributed by atoms with Crippen LogP contribution >= 0.6 is 11.6 Å². The molecule has 18 heavy (non-hydrogen) atoms. The average molecular weight is 261 g/mol. The zero-order chi connectivity index (χ0) is 13.1. The number of hydrogen-bond donors (Lipinski definition) is 0. The van der Waals surface area contributed by atoms with Crippen LogP contribution in [0.5, 0.6) is 0 Å². The molecule has 0 bridgehead atoms. The molecule has 0 aliphatic heterocycles. The summed E-state index contributed by atoms with van der Waals surface area (Å²) in [5.41, 5.74) is 2.38. The fourth-order valence-electron chi connectivity index (χ4n) is 1.61. The fraction of sp³-hybridized carbons (Fsp3) is 0.143. The van der Waals surface area contributed by atoms with Crippen LogP contribution in [-0.4, -0.2) is 17.9 Å². The number of pyridine rings is 1. The number of anilines is 1. The molecule has 0 fully saturated rings. The van der Waals surface area contributed by atoms with Gasteiger partial charge < -0.3 is 4.90 Å². The van der Waals surface area contributed by atoms with E-state index >= 15 is 0 Å². The molecule has 0 unspecified atom stereocenters. The monoisotopic (exact) mass is 260 g/mol. The summed E-state index contributed by atoms with van der Waals surface area (Å²) in [6.45, 7) is 2.00. The molecule has 1 aromatic carbocycles. The molecule has 4 heteroatoms. The molecule has 0 N–H and O–H groups in total. The lowest BCUT2D eigenvalue weighted by Crippen LogP contribution is -2.26. The molecule has 0 radical (unpaired) electrons. The van der Waals surface area contributed by atoms with E-state index < -0.39 is 0 Å². The Bertz CT molecular complexity index is 566. The molecule has 3 nitrogen and oxygen atoms in total. The summed E-state index contributed by atoms with van der Waals surface area (Å²) in [4.78, 5) is 17.7. The third-order valence-electron chi connectivity index (χ3n) is 2.72. The van der Waals surface area contributed by atoms with Gasteiger partial charge in [0.2, 0.25) is 0 Å². The van der Waals surface area contributed by atoms with E-state index in [0.717, 1.165) is 11.3 Å². The van der Waals surface area contributed by atoms with Crippen molar-refractivity contribution in [2.24, 2.45) is 0 Å². The number of hydrogen-bond acceptors (Lipinski definition) is 2. The SMILES string of the molecule is Cc1ccc(N(C)C(=O)c2cccnc2Cl)cc1. The van der Waals surface area contributed by atoms with E-state index in [1.54, 1.807) is 30.3 Å². The van der Waals surface area contributed by atoms with Crippen molar-refractivity contribution in [1.82, 2.24) is 4.98 Å². The van der Waals surface area contributed by atoms with Gasteiger partial charge in [-0.25, -0.2) is 4.98 Å². The minimum Gasteiger partial charge on any atom is -0.311 e. The predicted molar refractivity (Wildman–Crippen MR) is 73.2 cm³/mol. The van der Waals surface area contributed by atoms with Crippen LogP contribution in [0, 0.1) is 6.92 Å². The number of halogens is 1. The molecule has 2 rings (SSSR count). The Balaban J connectivity index is 2.29. The zero-order valence-corrected chi connectivity index (χ0v) is 11.0. The highest BCUT2D eigenvalue weighted by atomic mass is 35.5. The van der Waals surface area contributed by atoms with Crippen LogP contribution in [0.4, 0.5) is 5.69 Å². The Morgan fingerprint density at radius 3 is 2.50 bits per heavy atom. The van der Waals surface area contributed by atoms with E-state index in [9.17, 15) is 4.79 Å². The van der Waals surface area contributed by atoms with Gasteiger partial charge in [-0.15, -0.1) is 0 Å². The summed E-state index contributed by atoms with van der Waals surface area (Å²) in [5.74, 6) is -0.169. The number of amides is 1. The molecule has 1 aromatic heterocycles. The van der Waals surface area contributed by atoms with Gasteiger partial charge in [-0.1, -0.05) is 29.3 Å². The largest absolute Gasteiger partial charge is 0.311 e. The van der Waals surface area contributed by atoms with E-state index in [-0.39, 0.29) is 11.1 Å². The van der Waals surface area contributed by atoms with Crippen LogP contribution in [0.15, 0.2) is 42.6 Å². The van der Waals surface area contributed by atoms with Gasteiger partial charge in [0.1, 0.15) is 5.15 Å². The van der Waals surface area contributed by atoms with Crippen LogP contribution in [0.25, 0.3) is 0 Å². The van der Waals surface area contributed by atoms with Crippen LogP contribution in [-0.2, 0) is 0 Å². The van der Waals surface area contributed by atoms with Gasteiger partial charge in [-0.2, -0.15) is 0 Å². The van der Waals surface area contributed by atoms with Gasteiger partial charge in [-0.3, -0.25) is 4.79 Å². The highest BCUT2D eigenvalue weighted by molar-refractivity contribution is 6.33. The standard InChI is InChI=1S/C14H13ClN2O/c1-10-5-7-11(8-6-10)17(2)14(18)12-4-3-9-16-13(12)15/h3-9H,1-2H3. The predicted octanol–water partition coefficient (Wildman–Crippen LogP) is 3.32. The highest BCUT2D eigenvalue weighted by Gasteiger charge is 2.16. The first-order valence-electron chi connectivity index (χ1n) is 5.55. The van der Waals surface area contributed by atoms with Crippen molar-refractivity contribution >= 4 is 23.2 Å². The van der Waals surface area contributed by atoms with Gasteiger partial charge >= 0.3 is 0 Å². The maximum atomic E-state index is 12.3. The molecule has 0 saturated carbocycles. The topological polar surface area (TPSA) is 33.2 Å². The number of aromatic nitrogens is 1. The molecule has 92 valence electrons. The smallest absolute Gasteiger partial charge is 0.261 e. The quantitative estimate of drug-likeness (QED) is 0.776. The third kappa shape index (κ3) is 2.51. The molecular formula is C14H13ClN2O. The number of carbonyl (C=O) groups excluding carboxylic acids is 1. The summed E-state index contributed by atoms with van der Waals surface area (Å²) in [6, 6.07) is 11.1. The van der Waals surface area contributed by atoms with E-state index in [0.29, 0.717) is 5.56 Å². The maximum Gasteiger partial charge on any atom is 0.261 e. The van der Waals surface area contributed by atoms with Crippen LogP contribution < -0.4 is 4.90 Å². The molecule has 1 heterocycles. The summed E-state index contributed by atoms with van der Waals surface area (Å²) >= 11 is 5.92. The molecular weight excluding hydrogens is 248 g/mol. The Labute approximate surface area is 111 Å². The molecule has 0 saturated heterocycles. The first kappa shape index (κ1) is 12.6. The minimum atomic E-state index is -0.169. The first-order valence-corrected chi connectivity index (χ1v) is 5.92. The van der Waals surface area contributed by atoms with Crippen molar-refractivity contribution in [3.63, 3.8) is 0 Å². The molecule has 0 atom stereocenters. The Kier molecular flexibility index (Phi) is 3.63. The van der Waals surface area contributed by atoms with Crippen LogP contribution in [0.3, 0.4) is 0 Å². The molecule has 1 amide bonds. The summed E-state index contributed by atoms with van der Waals surface area (Å²) in [7, 11) is 1.72. The molecule has 0 aliphatic rings. The first-order chi connectivity index (χ1) is 8.59. The van der Waals surface area contributed by atoms with Crippen LogP contribution in [0.2, 0.25) is 5.15 Å². The fourth-order valence-corrected chi connectivity index (χ4v) is 1.81. The number of benzene rings is 1. The average Bonchev–Trinajstić information content (AvgIpc) is 2.38. The van der Waals surface area contributed by atoms with Crippen molar-refractivity contribution < 1.29 is 4.79 Å². The van der Waals surface area contributed by atoms with Crippen molar-refractivity contribution in [1.29, 1.82) is 0 Å². The zero-order valence-electron chi connectivity index (χ0n) is 10.2. The van der Waals surface area contributed by atoms with Gasteiger partial charge in [0.15, 0.2) is 0 Å². The maximum absolute atomic E-state index is 12.3. The lowest BCUT2D eigenvalue weighted by Gasteiger charge is -2.17. The van der Waals surface area contributed by atoms with E-state index in [4.69, 9.17) is 11.6 Å². The van der Waals surface area contributed by atoms with Gasteiger partial charge in [0.05, 0.1) is 5.56 Å². The Morgan fingerprint density at radius 1 is 1.22 bits per heavy atom. The second kappa shape index (κ2) is 5.19. The summed E-state index contributed by atoms with van der Waals surface area (Å²) in [5, 5.41) is 0.224. The Morgan fingerprint density at radius 2 is 1.89 bits per heavy atom. The summed E-state index contributed by atoms with van der Waals surface area (Å²) in [6.07, 6.45) is 1.56. The number of aryl methyl sites for hydroxylation is 1. The molecule has 0 aliphatic carbocycles. The molecule has 0 spiro atoms. The number of rotatable bonds is 2. The highest BCUT2D eigenvalue weighted by Crippen LogP contribution is 2.19. The normalized spacial score (nSPS) is 10.2. The minimum absolute atomic E-state index is 0.169. The summed E-state index contributed by atoms with van der Waals surface area (Å²) < 4.78 is 0.